The lowest BCUT2D eigenvalue weighted by Gasteiger charge is -2.04. The number of alkyl halides is 3. The molecule has 18 heavy (non-hydrogen) atoms. The van der Waals surface area contributed by atoms with E-state index in [4.69, 9.17) is 5.11 Å². The summed E-state index contributed by atoms with van der Waals surface area (Å²) in [6.07, 6.45) is -0.667. The lowest BCUT2D eigenvalue weighted by atomic mass is 10.4. The predicted octanol–water partition coefficient (Wildman–Crippen LogP) is 2.42. The lowest BCUT2D eigenvalue weighted by molar-refractivity contribution is -0.143. The van der Waals surface area contributed by atoms with Crippen LogP contribution in [-0.4, -0.2) is 20.9 Å². The van der Waals surface area contributed by atoms with Crippen LogP contribution in [0.1, 0.15) is 16.1 Å². The maximum absolute atomic E-state index is 11.8. The van der Waals surface area contributed by atoms with Gasteiger partial charge >= 0.3 is 12.1 Å². The van der Waals surface area contributed by atoms with Crippen LogP contribution in [0.5, 0.6) is 0 Å². The first-order valence-electron chi connectivity index (χ1n) is 4.63. The molecule has 0 spiro atoms. The summed E-state index contributed by atoms with van der Waals surface area (Å²) in [5, 5.41) is 11.6. The van der Waals surface area contributed by atoms with Crippen molar-refractivity contribution in [1.29, 1.82) is 0 Å². The molecule has 0 atom stereocenters. The minimum atomic E-state index is -4.29. The molecule has 0 fully saturated rings. The number of carbonyl (C=O) groups is 1. The van der Waals surface area contributed by atoms with Crippen LogP contribution < -0.4 is 0 Å². The fourth-order valence-electron chi connectivity index (χ4n) is 1.04. The minimum absolute atomic E-state index is 0.185. The number of hydrogen-bond donors (Lipinski definition) is 1. The van der Waals surface area contributed by atoms with E-state index in [0.29, 0.717) is 0 Å². The van der Waals surface area contributed by atoms with Gasteiger partial charge in [-0.05, 0) is 12.1 Å². The summed E-state index contributed by atoms with van der Waals surface area (Å²) in [6, 6.07) is 2.32. The fraction of sp³-hybridized carbons (Fsp3) is 0.200. The quantitative estimate of drug-likeness (QED) is 0.856. The summed E-state index contributed by atoms with van der Waals surface area (Å²) < 4.78 is 40.8. The Kier molecular flexibility index (Phi) is 4.13. The van der Waals surface area contributed by atoms with Crippen LogP contribution in [0.2, 0.25) is 0 Å². The Labute approximate surface area is 99.4 Å². The number of aryl methyl sites for hydroxylation is 1. The van der Waals surface area contributed by atoms with Crippen molar-refractivity contribution >= 4 is 5.97 Å². The number of hydrogen-bond acceptors (Lipinski definition) is 3. The smallest absolute Gasteiger partial charge is 0.433 e. The first kappa shape index (κ1) is 13.8. The van der Waals surface area contributed by atoms with Gasteiger partial charge in [0.1, 0.15) is 12.0 Å². The van der Waals surface area contributed by atoms with Crippen molar-refractivity contribution in [3.8, 4) is 0 Å². The van der Waals surface area contributed by atoms with E-state index in [9.17, 15) is 18.0 Å². The third-order valence-corrected chi connectivity index (χ3v) is 1.88. The number of halogens is 3. The molecule has 2 rings (SSSR count). The normalized spacial score (nSPS) is 10.7. The summed E-state index contributed by atoms with van der Waals surface area (Å²) in [6.45, 7) is 0. The fourth-order valence-corrected chi connectivity index (χ4v) is 1.04. The van der Waals surface area contributed by atoms with Crippen LogP contribution in [-0.2, 0) is 13.2 Å². The zero-order valence-corrected chi connectivity index (χ0v) is 9.18. The number of furan rings is 1. The van der Waals surface area contributed by atoms with Gasteiger partial charge in [0.25, 0.3) is 0 Å². The SMILES string of the molecule is Cn1nccc1C(F)(F)F.O=C(O)c1ccoc1. The molecule has 0 aliphatic carbocycles. The van der Waals surface area contributed by atoms with E-state index in [1.54, 1.807) is 0 Å². The second-order valence-corrected chi connectivity index (χ2v) is 3.15. The van der Waals surface area contributed by atoms with Gasteiger partial charge in [0.2, 0.25) is 0 Å². The van der Waals surface area contributed by atoms with E-state index in [2.05, 4.69) is 9.52 Å². The molecule has 2 aromatic heterocycles. The molecule has 0 unspecified atom stereocenters. The van der Waals surface area contributed by atoms with Gasteiger partial charge < -0.3 is 9.52 Å². The highest BCUT2D eigenvalue weighted by Crippen LogP contribution is 2.27. The molecular formula is C10H9F3N2O3. The first-order valence-corrected chi connectivity index (χ1v) is 4.63. The summed E-state index contributed by atoms with van der Waals surface area (Å²) in [7, 11) is 1.25. The number of carboxylic acid groups (broad SMARTS) is 1. The average molecular weight is 262 g/mol. The molecule has 0 aliphatic rings. The first-order chi connectivity index (χ1) is 8.32. The predicted molar refractivity (Wildman–Crippen MR) is 53.9 cm³/mol. The Morgan fingerprint density at radius 3 is 2.33 bits per heavy atom. The summed E-state index contributed by atoms with van der Waals surface area (Å²) in [5.41, 5.74) is -0.544. The van der Waals surface area contributed by atoms with Crippen molar-refractivity contribution < 1.29 is 27.5 Å². The van der Waals surface area contributed by atoms with Gasteiger partial charge in [0, 0.05) is 13.2 Å². The summed E-state index contributed by atoms with van der Waals surface area (Å²) in [5.74, 6) is -0.959. The third-order valence-electron chi connectivity index (χ3n) is 1.88. The molecular weight excluding hydrogens is 253 g/mol. The van der Waals surface area contributed by atoms with Crippen LogP contribution >= 0.6 is 0 Å². The van der Waals surface area contributed by atoms with Gasteiger partial charge in [-0.15, -0.1) is 0 Å². The summed E-state index contributed by atoms with van der Waals surface area (Å²) >= 11 is 0. The van der Waals surface area contributed by atoms with Gasteiger partial charge in [-0.3, -0.25) is 4.68 Å². The molecule has 0 amide bonds. The van der Waals surface area contributed by atoms with E-state index < -0.39 is 17.8 Å². The standard InChI is InChI=1S/C5H5F3N2.C5H4O3/c1-10-4(2-3-9-10)5(6,7)8;6-5(7)4-1-2-8-3-4/h2-3H,1H3;1-3H,(H,6,7). The molecule has 2 heterocycles. The highest BCUT2D eigenvalue weighted by Gasteiger charge is 2.33. The Morgan fingerprint density at radius 2 is 2.11 bits per heavy atom. The van der Waals surface area contributed by atoms with Crippen LogP contribution in [0.25, 0.3) is 0 Å². The van der Waals surface area contributed by atoms with Crippen molar-refractivity contribution in [2.45, 2.75) is 6.18 Å². The highest BCUT2D eigenvalue weighted by atomic mass is 19.4. The van der Waals surface area contributed by atoms with Crippen LogP contribution in [0.4, 0.5) is 13.2 Å². The molecule has 0 saturated heterocycles. The molecule has 0 aromatic carbocycles. The van der Waals surface area contributed by atoms with Gasteiger partial charge in [0.05, 0.1) is 11.8 Å². The number of nitrogens with zero attached hydrogens (tertiary/aromatic N) is 2. The van der Waals surface area contributed by atoms with Gasteiger partial charge in [0.15, 0.2) is 0 Å². The molecule has 2 aromatic rings. The molecule has 8 heteroatoms. The van der Waals surface area contributed by atoms with E-state index >= 15 is 0 Å². The molecule has 0 bridgehead atoms. The number of aromatic carboxylic acids is 1. The minimum Gasteiger partial charge on any atom is -0.478 e. The zero-order chi connectivity index (χ0) is 13.8. The average Bonchev–Trinajstić information content (AvgIpc) is 2.85. The molecule has 1 N–H and O–H groups in total. The summed E-state index contributed by atoms with van der Waals surface area (Å²) in [4.78, 5) is 10.0. The maximum atomic E-state index is 11.8. The topological polar surface area (TPSA) is 68.3 Å². The Hall–Kier alpha value is -2.25. The Morgan fingerprint density at radius 1 is 1.44 bits per heavy atom. The Bertz CT molecular complexity index is 503. The maximum Gasteiger partial charge on any atom is 0.433 e. The van der Waals surface area contributed by atoms with E-state index in [-0.39, 0.29) is 5.56 Å². The number of rotatable bonds is 1. The number of carboxylic acids is 1. The van der Waals surface area contributed by atoms with E-state index in [1.807, 2.05) is 0 Å². The van der Waals surface area contributed by atoms with Crippen molar-refractivity contribution in [3.63, 3.8) is 0 Å². The van der Waals surface area contributed by atoms with Crippen molar-refractivity contribution in [2.75, 3.05) is 0 Å². The van der Waals surface area contributed by atoms with Gasteiger partial charge in [-0.25, -0.2) is 4.79 Å². The lowest BCUT2D eigenvalue weighted by Crippen LogP contribution is -2.11. The van der Waals surface area contributed by atoms with Crippen LogP contribution in [0.15, 0.2) is 35.3 Å². The second kappa shape index (κ2) is 5.39. The van der Waals surface area contributed by atoms with Crippen LogP contribution in [0, 0.1) is 0 Å². The van der Waals surface area contributed by atoms with Crippen molar-refractivity contribution in [2.24, 2.45) is 7.05 Å². The van der Waals surface area contributed by atoms with Crippen molar-refractivity contribution in [3.05, 3.63) is 42.1 Å². The largest absolute Gasteiger partial charge is 0.478 e. The highest BCUT2D eigenvalue weighted by molar-refractivity contribution is 5.86. The van der Waals surface area contributed by atoms with E-state index in [1.165, 1.54) is 25.6 Å². The Balaban J connectivity index is 0.000000184. The molecule has 5 nitrogen and oxygen atoms in total. The van der Waals surface area contributed by atoms with Crippen molar-refractivity contribution in [1.82, 2.24) is 9.78 Å². The van der Waals surface area contributed by atoms with Crippen LogP contribution in [0.3, 0.4) is 0 Å². The molecule has 98 valence electrons. The molecule has 0 aliphatic heterocycles. The number of aromatic nitrogens is 2. The van der Waals surface area contributed by atoms with Gasteiger partial charge in [-0.2, -0.15) is 18.3 Å². The molecule has 0 radical (unpaired) electrons. The van der Waals surface area contributed by atoms with E-state index in [0.717, 1.165) is 16.9 Å². The third kappa shape index (κ3) is 3.65. The molecule has 0 saturated carbocycles. The zero-order valence-electron chi connectivity index (χ0n) is 9.18. The second-order valence-electron chi connectivity index (χ2n) is 3.15. The monoisotopic (exact) mass is 262 g/mol. The van der Waals surface area contributed by atoms with Gasteiger partial charge in [-0.1, -0.05) is 0 Å².